The van der Waals surface area contributed by atoms with E-state index in [1.54, 1.807) is 0 Å². The Labute approximate surface area is 141 Å². The summed E-state index contributed by atoms with van der Waals surface area (Å²) in [7, 11) is 2.42. The molecule has 0 spiro atoms. The topological polar surface area (TPSA) is 29.5 Å². The molecule has 4 heteroatoms. The number of benzene rings is 1. The first-order valence-corrected chi connectivity index (χ1v) is 12.2. The molecule has 2 saturated heterocycles. The van der Waals surface area contributed by atoms with Crippen molar-refractivity contribution in [2.45, 2.75) is 56.9 Å². The molecule has 1 aromatic carbocycles. The molecule has 23 heavy (non-hydrogen) atoms. The average Bonchev–Trinajstić information content (AvgIpc) is 2.75. The lowest BCUT2D eigenvalue weighted by atomic mass is 9.76. The maximum absolute atomic E-state index is 12.5. The van der Waals surface area contributed by atoms with Gasteiger partial charge in [0.05, 0.1) is 21.1 Å². The van der Waals surface area contributed by atoms with E-state index in [0.717, 1.165) is 12.8 Å². The van der Waals surface area contributed by atoms with Crippen molar-refractivity contribution in [3.8, 4) is 0 Å². The first kappa shape index (κ1) is 16.7. The van der Waals surface area contributed by atoms with Crippen LogP contribution < -0.4 is 5.19 Å². The molecule has 0 aliphatic carbocycles. The molecule has 1 aromatic rings. The van der Waals surface area contributed by atoms with Crippen molar-refractivity contribution in [1.29, 1.82) is 0 Å². The number of esters is 1. The van der Waals surface area contributed by atoms with Gasteiger partial charge in [0.25, 0.3) is 0 Å². The highest BCUT2D eigenvalue weighted by molar-refractivity contribution is 6.88. The van der Waals surface area contributed by atoms with Crippen LogP contribution in [-0.4, -0.2) is 45.2 Å². The number of nitrogens with zero attached hydrogens (tertiary/aromatic N) is 1. The fourth-order valence-corrected chi connectivity index (χ4v) is 5.66. The maximum atomic E-state index is 12.5. The van der Waals surface area contributed by atoms with Gasteiger partial charge in [0.2, 0.25) is 0 Å². The molecule has 2 unspecified atom stereocenters. The molecule has 0 saturated carbocycles. The molecule has 4 atom stereocenters. The van der Waals surface area contributed by atoms with Gasteiger partial charge in [-0.3, -0.25) is 9.69 Å². The van der Waals surface area contributed by atoms with E-state index in [1.165, 1.54) is 24.3 Å². The normalized spacial score (nSPS) is 31.2. The third kappa shape index (κ3) is 2.99. The SMILES string of the molecule is COC(=O)C1C2CC[C@H](C[C@@H]1c1ccc([Si](C)(C)C)cc1)N2C. The monoisotopic (exact) mass is 331 g/mol. The summed E-state index contributed by atoms with van der Waals surface area (Å²) >= 11 is 0. The van der Waals surface area contributed by atoms with Gasteiger partial charge < -0.3 is 4.74 Å². The predicted octanol–water partition coefficient (Wildman–Crippen LogP) is 2.97. The van der Waals surface area contributed by atoms with E-state index in [9.17, 15) is 4.79 Å². The highest BCUT2D eigenvalue weighted by atomic mass is 28.3. The third-order valence-corrected chi connectivity index (χ3v) is 8.01. The number of carbonyl (C=O) groups excluding carboxylic acids is 1. The van der Waals surface area contributed by atoms with Gasteiger partial charge in [-0.1, -0.05) is 49.1 Å². The predicted molar refractivity (Wildman–Crippen MR) is 96.9 cm³/mol. The van der Waals surface area contributed by atoms with Crippen LogP contribution in [0.25, 0.3) is 0 Å². The van der Waals surface area contributed by atoms with Gasteiger partial charge in [0.1, 0.15) is 0 Å². The summed E-state index contributed by atoms with van der Waals surface area (Å²) in [4.78, 5) is 14.9. The first-order chi connectivity index (χ1) is 10.8. The Morgan fingerprint density at radius 2 is 1.83 bits per heavy atom. The number of methoxy groups -OCH3 is 1. The first-order valence-electron chi connectivity index (χ1n) is 8.73. The van der Waals surface area contributed by atoms with E-state index < -0.39 is 8.07 Å². The molecule has 2 bridgehead atoms. The molecule has 2 aliphatic rings. The molecule has 0 radical (unpaired) electrons. The highest BCUT2D eigenvalue weighted by Gasteiger charge is 2.49. The second-order valence-corrected chi connectivity index (χ2v) is 13.3. The number of rotatable bonds is 3. The van der Waals surface area contributed by atoms with Crippen molar-refractivity contribution in [1.82, 2.24) is 4.90 Å². The van der Waals surface area contributed by atoms with Gasteiger partial charge in [0, 0.05) is 18.0 Å². The minimum atomic E-state index is -1.28. The highest BCUT2D eigenvalue weighted by Crippen LogP contribution is 2.46. The van der Waals surface area contributed by atoms with E-state index in [4.69, 9.17) is 4.74 Å². The molecular weight excluding hydrogens is 302 g/mol. The van der Waals surface area contributed by atoms with Crippen LogP contribution >= 0.6 is 0 Å². The fourth-order valence-electron chi connectivity index (χ4n) is 4.50. The van der Waals surface area contributed by atoms with Gasteiger partial charge in [-0.2, -0.15) is 0 Å². The van der Waals surface area contributed by atoms with E-state index in [0.29, 0.717) is 18.0 Å². The molecule has 0 amide bonds. The molecule has 3 rings (SSSR count). The Morgan fingerprint density at radius 1 is 1.17 bits per heavy atom. The van der Waals surface area contributed by atoms with Crippen LogP contribution in [0.1, 0.15) is 30.7 Å². The van der Waals surface area contributed by atoms with Gasteiger partial charge >= 0.3 is 5.97 Å². The van der Waals surface area contributed by atoms with Crippen molar-refractivity contribution >= 4 is 19.2 Å². The van der Waals surface area contributed by atoms with Gasteiger partial charge in [-0.05, 0) is 31.9 Å². The second kappa shape index (κ2) is 6.06. The summed E-state index contributed by atoms with van der Waals surface area (Å²) in [6.07, 6.45) is 3.39. The van der Waals surface area contributed by atoms with Crippen LogP contribution in [0.3, 0.4) is 0 Å². The Morgan fingerprint density at radius 3 is 2.39 bits per heavy atom. The van der Waals surface area contributed by atoms with Crippen molar-refractivity contribution < 1.29 is 9.53 Å². The minimum absolute atomic E-state index is 0.0264. The van der Waals surface area contributed by atoms with Crippen LogP contribution in [0.2, 0.25) is 19.6 Å². The zero-order valence-electron chi connectivity index (χ0n) is 15.0. The Hall–Kier alpha value is -1.13. The number of piperidine rings is 1. The molecular formula is C19H29NO2Si. The Bertz CT molecular complexity index is 578. The fraction of sp³-hybridized carbons (Fsp3) is 0.632. The summed E-state index contributed by atoms with van der Waals surface area (Å²) in [5, 5.41) is 1.48. The van der Waals surface area contributed by atoms with E-state index >= 15 is 0 Å². The molecule has 2 aliphatic heterocycles. The van der Waals surface area contributed by atoms with Crippen molar-refractivity contribution in [3.05, 3.63) is 29.8 Å². The summed E-state index contributed by atoms with van der Waals surface area (Å²) in [6, 6.07) is 10.1. The maximum Gasteiger partial charge on any atom is 0.310 e. The molecule has 2 fully saturated rings. The van der Waals surface area contributed by atoms with Gasteiger partial charge in [0.15, 0.2) is 0 Å². The smallest absolute Gasteiger partial charge is 0.310 e. The van der Waals surface area contributed by atoms with Crippen LogP contribution in [0.15, 0.2) is 24.3 Å². The lowest BCUT2D eigenvalue weighted by Crippen LogP contribution is -2.49. The lowest BCUT2D eigenvalue weighted by Gasteiger charge is -2.41. The quantitative estimate of drug-likeness (QED) is 0.630. The summed E-state index contributed by atoms with van der Waals surface area (Å²) in [5.41, 5.74) is 1.31. The molecule has 2 heterocycles. The zero-order chi connectivity index (χ0) is 16.8. The number of carbonyl (C=O) groups is 1. The van der Waals surface area contributed by atoms with Crippen LogP contribution in [0, 0.1) is 5.92 Å². The molecule has 3 nitrogen and oxygen atoms in total. The Kier molecular flexibility index (Phi) is 4.40. The lowest BCUT2D eigenvalue weighted by molar-refractivity contribution is -0.150. The number of hydrogen-bond donors (Lipinski definition) is 0. The van der Waals surface area contributed by atoms with Crippen LogP contribution in [-0.2, 0) is 9.53 Å². The molecule has 0 aromatic heterocycles. The van der Waals surface area contributed by atoms with Gasteiger partial charge in [-0.25, -0.2) is 0 Å². The summed E-state index contributed by atoms with van der Waals surface area (Å²) in [6.45, 7) is 7.11. The van der Waals surface area contributed by atoms with Crippen molar-refractivity contribution in [2.75, 3.05) is 14.2 Å². The minimum Gasteiger partial charge on any atom is -0.469 e. The number of fused-ring (bicyclic) bond motifs is 2. The zero-order valence-corrected chi connectivity index (χ0v) is 16.0. The van der Waals surface area contributed by atoms with E-state index in [1.807, 2.05) is 0 Å². The summed E-state index contributed by atoms with van der Waals surface area (Å²) < 4.78 is 5.16. The number of ether oxygens (including phenoxy) is 1. The number of hydrogen-bond acceptors (Lipinski definition) is 3. The van der Waals surface area contributed by atoms with E-state index in [2.05, 4.69) is 55.9 Å². The summed E-state index contributed by atoms with van der Waals surface area (Å²) in [5.74, 6) is 0.231. The Balaban J connectivity index is 1.92. The third-order valence-electron chi connectivity index (χ3n) is 5.95. The molecule has 126 valence electrons. The standard InChI is InChI=1S/C19H29NO2Si/c1-20-14-8-11-17(20)18(19(21)22-2)16(12-14)13-6-9-15(10-7-13)23(3,4)5/h6-7,9-10,14,16-18H,8,11-12H2,1-5H3/t14-,16-,17?,18?/m1/s1. The largest absolute Gasteiger partial charge is 0.469 e. The second-order valence-electron chi connectivity index (χ2n) is 8.23. The van der Waals surface area contributed by atoms with Gasteiger partial charge in [-0.15, -0.1) is 0 Å². The van der Waals surface area contributed by atoms with Crippen molar-refractivity contribution in [3.63, 3.8) is 0 Å². The van der Waals surface area contributed by atoms with Crippen molar-refractivity contribution in [2.24, 2.45) is 5.92 Å². The van der Waals surface area contributed by atoms with E-state index in [-0.39, 0.29) is 11.9 Å². The van der Waals surface area contributed by atoms with Crippen LogP contribution in [0.5, 0.6) is 0 Å². The average molecular weight is 332 g/mol. The molecule has 0 N–H and O–H groups in total. The van der Waals surface area contributed by atoms with Crippen LogP contribution in [0.4, 0.5) is 0 Å².